The van der Waals surface area contributed by atoms with Crippen LogP contribution in [0.1, 0.15) is 47.0 Å². The van der Waals surface area contributed by atoms with Gasteiger partial charge in [-0.15, -0.1) is 0 Å². The van der Waals surface area contributed by atoms with Gasteiger partial charge in [0.2, 0.25) is 0 Å². The second kappa shape index (κ2) is 5.52. The summed E-state index contributed by atoms with van der Waals surface area (Å²) in [6.45, 7) is 9.44. The van der Waals surface area contributed by atoms with Gasteiger partial charge in [-0.05, 0) is 54.6 Å². The molecule has 0 saturated heterocycles. The van der Waals surface area contributed by atoms with Crippen LogP contribution in [0.2, 0.25) is 0 Å². The number of hydrogen-bond donors (Lipinski definition) is 0. The van der Waals surface area contributed by atoms with E-state index in [1.54, 1.807) is 10.5 Å². The maximum absolute atomic E-state index is 2.38. The summed E-state index contributed by atoms with van der Waals surface area (Å²) in [7, 11) is 0. The molecule has 0 radical (unpaired) electrons. The van der Waals surface area contributed by atoms with Gasteiger partial charge in [0.25, 0.3) is 0 Å². The van der Waals surface area contributed by atoms with Crippen molar-refractivity contribution >= 4 is 11.8 Å². The van der Waals surface area contributed by atoms with Gasteiger partial charge in [0, 0.05) is 4.90 Å². The highest BCUT2D eigenvalue weighted by molar-refractivity contribution is 8.03. The van der Waals surface area contributed by atoms with Crippen molar-refractivity contribution in [3.63, 3.8) is 0 Å². The van der Waals surface area contributed by atoms with Crippen molar-refractivity contribution in [3.8, 4) is 0 Å². The summed E-state index contributed by atoms with van der Waals surface area (Å²) < 4.78 is 0. The van der Waals surface area contributed by atoms with Gasteiger partial charge >= 0.3 is 0 Å². The maximum Gasteiger partial charge on any atom is 0.0119 e. The molecule has 1 heteroatoms. The molecule has 1 aliphatic carbocycles. The lowest BCUT2D eigenvalue weighted by molar-refractivity contribution is 0.219. The summed E-state index contributed by atoms with van der Waals surface area (Å²) in [6, 6.07) is 10.8. The zero-order valence-electron chi connectivity index (χ0n) is 12.0. The third kappa shape index (κ3) is 3.41. The Hall–Kier alpha value is -0.690. The van der Waals surface area contributed by atoms with Gasteiger partial charge in [-0.3, -0.25) is 0 Å². The number of allylic oxidation sites excluding steroid dienone is 2. The van der Waals surface area contributed by atoms with Crippen LogP contribution in [0.5, 0.6) is 0 Å². The van der Waals surface area contributed by atoms with Crippen LogP contribution in [0.3, 0.4) is 0 Å². The lowest BCUT2D eigenvalue weighted by Gasteiger charge is -2.35. The van der Waals surface area contributed by atoms with Crippen LogP contribution in [0.15, 0.2) is 45.7 Å². The van der Waals surface area contributed by atoms with Crippen molar-refractivity contribution in [2.45, 2.75) is 51.9 Å². The van der Waals surface area contributed by atoms with Crippen LogP contribution in [0, 0.1) is 11.3 Å². The van der Waals surface area contributed by atoms with Crippen LogP contribution in [0.25, 0.3) is 0 Å². The standard InChI is InChI=1S/C17H24S/c1-13-10-11-14(17(2,3)4)12-16(13)18-15-8-6-5-7-9-15/h5-9,14H,10-12H2,1-4H3. The maximum atomic E-state index is 2.38. The van der Waals surface area contributed by atoms with Crippen molar-refractivity contribution < 1.29 is 0 Å². The van der Waals surface area contributed by atoms with Crippen molar-refractivity contribution in [1.82, 2.24) is 0 Å². The molecule has 0 bridgehead atoms. The average Bonchev–Trinajstić information content (AvgIpc) is 2.32. The number of benzene rings is 1. The summed E-state index contributed by atoms with van der Waals surface area (Å²) in [4.78, 5) is 2.98. The minimum atomic E-state index is 0.434. The molecule has 0 saturated carbocycles. The summed E-state index contributed by atoms with van der Waals surface area (Å²) in [5.41, 5.74) is 2.03. The minimum Gasteiger partial charge on any atom is -0.0946 e. The molecule has 0 nitrogen and oxygen atoms in total. The molecule has 1 unspecified atom stereocenters. The normalized spacial score (nSPS) is 21.2. The highest BCUT2D eigenvalue weighted by Crippen LogP contribution is 2.45. The van der Waals surface area contributed by atoms with Gasteiger partial charge in [0.15, 0.2) is 0 Å². The van der Waals surface area contributed by atoms with Crippen molar-refractivity contribution in [1.29, 1.82) is 0 Å². The van der Waals surface area contributed by atoms with Gasteiger partial charge in [-0.25, -0.2) is 0 Å². The van der Waals surface area contributed by atoms with E-state index in [4.69, 9.17) is 0 Å². The molecular formula is C17H24S. The fourth-order valence-electron chi connectivity index (χ4n) is 2.53. The average molecular weight is 260 g/mol. The van der Waals surface area contributed by atoms with Crippen molar-refractivity contribution in [3.05, 3.63) is 40.8 Å². The summed E-state index contributed by atoms with van der Waals surface area (Å²) in [5.74, 6) is 0.826. The molecule has 0 aliphatic heterocycles. The number of hydrogen-bond acceptors (Lipinski definition) is 1. The quantitative estimate of drug-likeness (QED) is 0.638. The third-order valence-corrected chi connectivity index (χ3v) is 5.25. The van der Waals surface area contributed by atoms with E-state index in [9.17, 15) is 0 Å². The first-order valence-electron chi connectivity index (χ1n) is 6.88. The van der Waals surface area contributed by atoms with Crippen LogP contribution in [-0.2, 0) is 0 Å². The largest absolute Gasteiger partial charge is 0.0946 e. The Balaban J connectivity index is 2.12. The Labute approximate surface area is 116 Å². The smallest absolute Gasteiger partial charge is 0.0119 e. The first-order valence-corrected chi connectivity index (χ1v) is 7.70. The lowest BCUT2D eigenvalue weighted by Crippen LogP contribution is -2.23. The van der Waals surface area contributed by atoms with E-state index in [0.717, 1.165) is 5.92 Å². The highest BCUT2D eigenvalue weighted by atomic mass is 32.2. The molecule has 2 rings (SSSR count). The fourth-order valence-corrected chi connectivity index (χ4v) is 3.67. The zero-order valence-corrected chi connectivity index (χ0v) is 12.8. The van der Waals surface area contributed by atoms with E-state index in [1.165, 1.54) is 24.2 Å². The molecule has 98 valence electrons. The van der Waals surface area contributed by atoms with Gasteiger partial charge in [0.1, 0.15) is 0 Å². The van der Waals surface area contributed by atoms with Gasteiger partial charge < -0.3 is 0 Å². The third-order valence-electron chi connectivity index (χ3n) is 3.98. The molecule has 0 amide bonds. The predicted octanol–water partition coefficient (Wildman–Crippen LogP) is 5.90. The molecular weight excluding hydrogens is 236 g/mol. The zero-order chi connectivity index (χ0) is 13.2. The SMILES string of the molecule is CC1=C(Sc2ccccc2)CC(C(C)(C)C)CC1. The number of thioether (sulfide) groups is 1. The summed E-state index contributed by atoms with van der Waals surface area (Å²) in [5, 5.41) is 0. The van der Waals surface area contributed by atoms with E-state index < -0.39 is 0 Å². The van der Waals surface area contributed by atoms with Crippen LogP contribution >= 0.6 is 11.8 Å². The van der Waals surface area contributed by atoms with Crippen molar-refractivity contribution in [2.75, 3.05) is 0 Å². The second-order valence-electron chi connectivity index (χ2n) is 6.42. The molecule has 1 aromatic rings. The monoisotopic (exact) mass is 260 g/mol. The summed E-state index contributed by atoms with van der Waals surface area (Å²) in [6.07, 6.45) is 3.89. The first-order chi connectivity index (χ1) is 8.47. The van der Waals surface area contributed by atoms with Gasteiger partial charge in [-0.1, -0.05) is 56.3 Å². The molecule has 0 spiro atoms. The summed E-state index contributed by atoms with van der Waals surface area (Å²) >= 11 is 1.97. The van der Waals surface area contributed by atoms with Crippen LogP contribution in [-0.4, -0.2) is 0 Å². The predicted molar refractivity (Wildman–Crippen MR) is 81.8 cm³/mol. The number of rotatable bonds is 2. The molecule has 18 heavy (non-hydrogen) atoms. The minimum absolute atomic E-state index is 0.434. The topological polar surface area (TPSA) is 0 Å². The lowest BCUT2D eigenvalue weighted by atomic mass is 9.73. The molecule has 0 aromatic heterocycles. The van der Waals surface area contributed by atoms with E-state index >= 15 is 0 Å². The first kappa shape index (κ1) is 13.7. The van der Waals surface area contributed by atoms with E-state index in [-0.39, 0.29) is 0 Å². The Kier molecular flexibility index (Phi) is 4.21. The van der Waals surface area contributed by atoms with E-state index in [1.807, 2.05) is 11.8 Å². The second-order valence-corrected chi connectivity index (χ2v) is 7.59. The van der Waals surface area contributed by atoms with E-state index in [0.29, 0.717) is 5.41 Å². The van der Waals surface area contributed by atoms with Crippen LogP contribution < -0.4 is 0 Å². The Bertz CT molecular complexity index is 423. The Morgan fingerprint density at radius 3 is 2.39 bits per heavy atom. The molecule has 0 heterocycles. The van der Waals surface area contributed by atoms with Crippen molar-refractivity contribution in [2.24, 2.45) is 11.3 Å². The highest BCUT2D eigenvalue weighted by Gasteiger charge is 2.29. The Morgan fingerprint density at radius 1 is 1.11 bits per heavy atom. The fraction of sp³-hybridized carbons (Fsp3) is 0.529. The molecule has 0 N–H and O–H groups in total. The molecule has 0 fully saturated rings. The molecule has 1 atom stereocenters. The van der Waals surface area contributed by atoms with Gasteiger partial charge in [0.05, 0.1) is 0 Å². The Morgan fingerprint density at radius 2 is 1.78 bits per heavy atom. The van der Waals surface area contributed by atoms with Gasteiger partial charge in [-0.2, -0.15) is 0 Å². The van der Waals surface area contributed by atoms with Crippen LogP contribution in [0.4, 0.5) is 0 Å². The molecule has 1 aliphatic rings. The van der Waals surface area contributed by atoms with E-state index in [2.05, 4.69) is 58.0 Å². The molecule has 1 aromatic carbocycles.